The van der Waals surface area contributed by atoms with Crippen molar-refractivity contribution in [1.82, 2.24) is 14.9 Å². The molecule has 0 saturated carbocycles. The van der Waals surface area contributed by atoms with E-state index in [9.17, 15) is 9.59 Å². The molecule has 1 aliphatic rings. The van der Waals surface area contributed by atoms with Crippen molar-refractivity contribution in [1.29, 1.82) is 0 Å². The molecular formula is C22H27N5O3. The number of ether oxygens (including phenoxy) is 1. The van der Waals surface area contributed by atoms with E-state index in [1.165, 1.54) is 12.4 Å². The molecule has 0 unspecified atom stereocenters. The molecular weight excluding hydrogens is 382 g/mol. The number of carbonyl (C=O) groups is 2. The maximum Gasteiger partial charge on any atom is 0.246 e. The highest BCUT2D eigenvalue weighted by atomic mass is 16.5. The molecule has 8 nitrogen and oxygen atoms in total. The fourth-order valence-corrected chi connectivity index (χ4v) is 3.53. The van der Waals surface area contributed by atoms with Gasteiger partial charge in [0.05, 0.1) is 6.61 Å². The number of likely N-dealkylation sites (tertiary alicyclic amines) is 1. The van der Waals surface area contributed by atoms with E-state index in [1.54, 1.807) is 36.2 Å². The zero-order chi connectivity index (χ0) is 21.5. The third-order valence-corrected chi connectivity index (χ3v) is 4.99. The van der Waals surface area contributed by atoms with E-state index >= 15 is 0 Å². The summed E-state index contributed by atoms with van der Waals surface area (Å²) in [6, 6.07) is 6.98. The second-order valence-electron chi connectivity index (χ2n) is 6.95. The first-order chi connectivity index (χ1) is 14.6. The van der Waals surface area contributed by atoms with E-state index in [1.807, 2.05) is 6.92 Å². The number of nitrogens with zero attached hydrogens (tertiary/aromatic N) is 3. The topological polar surface area (TPSA) is 96.5 Å². The van der Waals surface area contributed by atoms with Gasteiger partial charge in [-0.3, -0.25) is 9.59 Å². The van der Waals surface area contributed by atoms with Gasteiger partial charge in [-0.25, -0.2) is 9.97 Å². The summed E-state index contributed by atoms with van der Waals surface area (Å²) in [4.78, 5) is 35.6. The molecule has 0 spiro atoms. The molecule has 1 aromatic carbocycles. The van der Waals surface area contributed by atoms with Crippen LogP contribution in [0.2, 0.25) is 0 Å². The van der Waals surface area contributed by atoms with Gasteiger partial charge >= 0.3 is 0 Å². The molecule has 3 rings (SSSR count). The molecule has 0 bridgehead atoms. The van der Waals surface area contributed by atoms with E-state index in [4.69, 9.17) is 4.74 Å². The Balaban J connectivity index is 1.86. The Hall–Kier alpha value is -3.42. The second-order valence-corrected chi connectivity index (χ2v) is 6.95. The molecule has 1 fully saturated rings. The monoisotopic (exact) mass is 409 g/mol. The van der Waals surface area contributed by atoms with Crippen molar-refractivity contribution in [3.63, 3.8) is 0 Å². The van der Waals surface area contributed by atoms with Gasteiger partial charge in [0, 0.05) is 31.7 Å². The first kappa shape index (κ1) is 21.3. The zero-order valence-electron chi connectivity index (χ0n) is 17.4. The number of carbonyl (C=O) groups excluding carboxylic acids is 2. The summed E-state index contributed by atoms with van der Waals surface area (Å²) in [5.41, 5.74) is 0.885. The largest absolute Gasteiger partial charge is 0.494 e. The van der Waals surface area contributed by atoms with Crippen LogP contribution in [0.1, 0.15) is 35.7 Å². The Bertz CT molecular complexity index is 913. The van der Waals surface area contributed by atoms with Crippen molar-refractivity contribution in [2.45, 2.75) is 25.8 Å². The average Bonchev–Trinajstić information content (AvgIpc) is 2.78. The lowest BCUT2D eigenvalue weighted by atomic mass is 10.0. The maximum atomic E-state index is 13.3. The van der Waals surface area contributed by atoms with E-state index < -0.39 is 0 Å². The van der Waals surface area contributed by atoms with Gasteiger partial charge in [0.25, 0.3) is 0 Å². The Labute approximate surface area is 176 Å². The number of hydrogen-bond acceptors (Lipinski definition) is 7. The number of amides is 1. The Morgan fingerprint density at radius 2 is 2.00 bits per heavy atom. The van der Waals surface area contributed by atoms with Gasteiger partial charge in [-0.1, -0.05) is 6.58 Å². The third-order valence-electron chi connectivity index (χ3n) is 4.99. The van der Waals surface area contributed by atoms with E-state index in [0.29, 0.717) is 48.2 Å². The molecule has 0 radical (unpaired) electrons. The molecule has 2 aromatic rings. The van der Waals surface area contributed by atoms with Gasteiger partial charge < -0.3 is 20.3 Å². The summed E-state index contributed by atoms with van der Waals surface area (Å²) < 4.78 is 5.45. The first-order valence-corrected chi connectivity index (χ1v) is 10.1. The van der Waals surface area contributed by atoms with Crippen LogP contribution in [0.4, 0.5) is 11.6 Å². The van der Waals surface area contributed by atoms with Crippen LogP contribution < -0.4 is 15.4 Å². The van der Waals surface area contributed by atoms with Crippen molar-refractivity contribution in [3.05, 3.63) is 54.4 Å². The molecule has 158 valence electrons. The van der Waals surface area contributed by atoms with Crippen LogP contribution in [0.15, 0.2) is 43.2 Å². The molecule has 30 heavy (non-hydrogen) atoms. The average molecular weight is 409 g/mol. The Kier molecular flexibility index (Phi) is 7.00. The lowest BCUT2D eigenvalue weighted by molar-refractivity contribution is -0.127. The maximum absolute atomic E-state index is 13.3. The molecule has 8 heteroatoms. The number of aromatic nitrogens is 2. The van der Waals surface area contributed by atoms with E-state index in [-0.39, 0.29) is 17.7 Å². The molecule has 1 amide bonds. The highest BCUT2D eigenvalue weighted by molar-refractivity contribution is 6.14. The summed E-state index contributed by atoms with van der Waals surface area (Å²) in [6.07, 6.45) is 4.48. The number of ketones is 1. The summed E-state index contributed by atoms with van der Waals surface area (Å²) >= 11 is 0. The fraction of sp³-hybridized carbons (Fsp3) is 0.364. The van der Waals surface area contributed by atoms with Gasteiger partial charge in [0.2, 0.25) is 5.91 Å². The minimum atomic E-state index is -0.194. The molecule has 2 N–H and O–H groups in total. The summed E-state index contributed by atoms with van der Waals surface area (Å²) in [5.74, 6) is 1.32. The second kappa shape index (κ2) is 9.87. The van der Waals surface area contributed by atoms with Gasteiger partial charge in [-0.2, -0.15) is 0 Å². The van der Waals surface area contributed by atoms with E-state index in [2.05, 4.69) is 27.2 Å². The Morgan fingerprint density at radius 3 is 2.67 bits per heavy atom. The quantitative estimate of drug-likeness (QED) is 0.511. The van der Waals surface area contributed by atoms with Crippen molar-refractivity contribution in [3.8, 4) is 5.75 Å². The number of hydrogen-bond donors (Lipinski definition) is 2. The smallest absolute Gasteiger partial charge is 0.246 e. The van der Waals surface area contributed by atoms with Crippen LogP contribution in [0.5, 0.6) is 5.75 Å². The highest BCUT2D eigenvalue weighted by Crippen LogP contribution is 2.26. The summed E-state index contributed by atoms with van der Waals surface area (Å²) in [7, 11) is 1.71. The number of rotatable bonds is 8. The van der Waals surface area contributed by atoms with Crippen molar-refractivity contribution in [2.75, 3.05) is 37.4 Å². The zero-order valence-corrected chi connectivity index (χ0v) is 17.4. The SMILES string of the molecule is C=CC(=O)N1CCC[C@@H](Nc2ncnc(NC)c2C(=O)c2ccc(OCC)cc2)C1. The minimum Gasteiger partial charge on any atom is -0.494 e. The number of benzene rings is 1. The number of anilines is 2. The van der Waals surface area contributed by atoms with Crippen LogP contribution in [0.3, 0.4) is 0 Å². The molecule has 1 atom stereocenters. The van der Waals surface area contributed by atoms with Gasteiger partial charge in [-0.15, -0.1) is 0 Å². The molecule has 2 heterocycles. The molecule has 1 aliphatic heterocycles. The number of piperidine rings is 1. The summed E-state index contributed by atoms with van der Waals surface area (Å²) in [6.45, 7) is 7.26. The van der Waals surface area contributed by atoms with Crippen molar-refractivity contribution >= 4 is 23.3 Å². The predicted octanol–water partition coefficient (Wildman–Crippen LogP) is 2.74. The fourth-order valence-electron chi connectivity index (χ4n) is 3.53. The molecule has 0 aliphatic carbocycles. The standard InChI is InChI=1S/C22H27N5O3/c1-4-18(28)27-12-6-7-16(13-27)26-22-19(21(23-3)24-14-25-22)20(29)15-8-10-17(11-9-15)30-5-2/h4,8-11,14,16H,1,5-7,12-13H2,2-3H3,(H2,23,24,25,26)/t16-/m1/s1. The van der Waals surface area contributed by atoms with Gasteiger partial charge in [0.15, 0.2) is 5.78 Å². The highest BCUT2D eigenvalue weighted by Gasteiger charge is 2.26. The van der Waals surface area contributed by atoms with Crippen molar-refractivity contribution in [2.24, 2.45) is 0 Å². The third kappa shape index (κ3) is 4.76. The van der Waals surface area contributed by atoms with Crippen LogP contribution >= 0.6 is 0 Å². The van der Waals surface area contributed by atoms with Crippen LogP contribution in [-0.2, 0) is 4.79 Å². The van der Waals surface area contributed by atoms with E-state index in [0.717, 1.165) is 12.8 Å². The number of nitrogens with one attached hydrogen (secondary N) is 2. The van der Waals surface area contributed by atoms with Crippen LogP contribution in [-0.4, -0.2) is 59.3 Å². The normalized spacial score (nSPS) is 15.9. The van der Waals surface area contributed by atoms with Crippen LogP contribution in [0, 0.1) is 0 Å². The van der Waals surface area contributed by atoms with Crippen molar-refractivity contribution < 1.29 is 14.3 Å². The minimum absolute atomic E-state index is 0.0193. The van der Waals surface area contributed by atoms with Crippen LogP contribution in [0.25, 0.3) is 0 Å². The lowest BCUT2D eigenvalue weighted by Crippen LogP contribution is -2.44. The Morgan fingerprint density at radius 1 is 1.27 bits per heavy atom. The predicted molar refractivity (Wildman–Crippen MR) is 116 cm³/mol. The summed E-state index contributed by atoms with van der Waals surface area (Å²) in [5, 5.41) is 6.33. The molecule has 1 aromatic heterocycles. The van der Waals surface area contributed by atoms with Gasteiger partial charge in [0.1, 0.15) is 29.3 Å². The van der Waals surface area contributed by atoms with Gasteiger partial charge in [-0.05, 0) is 50.1 Å². The first-order valence-electron chi connectivity index (χ1n) is 10.1. The molecule has 1 saturated heterocycles. The lowest BCUT2D eigenvalue weighted by Gasteiger charge is -2.33.